The molecule has 0 aromatic carbocycles. The van der Waals surface area contributed by atoms with Crippen LogP contribution in [0.4, 0.5) is 0 Å². The lowest BCUT2D eigenvalue weighted by atomic mass is 10.1. The minimum Gasteiger partial charge on any atom is -0.394 e. The highest BCUT2D eigenvalue weighted by molar-refractivity contribution is 4.87. The molecule has 11 heavy (non-hydrogen) atoms. The monoisotopic (exact) mass is 164 g/mol. The second kappa shape index (κ2) is 3.04. The van der Waals surface area contributed by atoms with Gasteiger partial charge in [-0.05, 0) is 0 Å². The Labute approximate surface area is 63.8 Å². The van der Waals surface area contributed by atoms with E-state index in [9.17, 15) is 5.11 Å². The standard InChI is InChI=1S/C6H12O5/c7-2-4-1-5(9)6(10,3-8)11-4/h4-5,7-10H,1-3H2/t4-,5-,6?/m0/s1. The lowest BCUT2D eigenvalue weighted by Gasteiger charge is -2.22. The molecule has 5 heteroatoms. The molecular formula is C6H12O5. The summed E-state index contributed by atoms with van der Waals surface area (Å²) in [4.78, 5) is 0. The summed E-state index contributed by atoms with van der Waals surface area (Å²) in [7, 11) is 0. The SMILES string of the molecule is OC[C@@H]1C[C@H](O)C(O)(CO)O1. The lowest BCUT2D eigenvalue weighted by molar-refractivity contribution is -0.247. The van der Waals surface area contributed by atoms with Crippen molar-refractivity contribution in [2.24, 2.45) is 0 Å². The van der Waals surface area contributed by atoms with Crippen LogP contribution in [-0.2, 0) is 4.74 Å². The van der Waals surface area contributed by atoms with Crippen molar-refractivity contribution in [2.45, 2.75) is 24.4 Å². The van der Waals surface area contributed by atoms with Crippen LogP contribution in [0.5, 0.6) is 0 Å². The normalized spacial score (nSPS) is 44.7. The average molecular weight is 164 g/mol. The highest BCUT2D eigenvalue weighted by Gasteiger charge is 2.45. The van der Waals surface area contributed by atoms with E-state index in [4.69, 9.17) is 20.1 Å². The Morgan fingerprint density at radius 2 is 2.09 bits per heavy atom. The van der Waals surface area contributed by atoms with Crippen LogP contribution < -0.4 is 0 Å². The number of ether oxygens (including phenoxy) is 1. The molecule has 1 unspecified atom stereocenters. The summed E-state index contributed by atoms with van der Waals surface area (Å²) in [5.41, 5.74) is 0. The van der Waals surface area contributed by atoms with Gasteiger partial charge in [0.15, 0.2) is 0 Å². The molecule has 1 fully saturated rings. The fraction of sp³-hybridized carbons (Fsp3) is 1.00. The van der Waals surface area contributed by atoms with Crippen LogP contribution >= 0.6 is 0 Å². The van der Waals surface area contributed by atoms with E-state index in [1.165, 1.54) is 0 Å². The van der Waals surface area contributed by atoms with Gasteiger partial charge < -0.3 is 25.2 Å². The molecule has 1 heterocycles. The molecule has 3 atom stereocenters. The molecule has 0 bridgehead atoms. The first kappa shape index (κ1) is 8.89. The predicted octanol–water partition coefficient (Wildman–Crippen LogP) is -2.19. The van der Waals surface area contributed by atoms with E-state index in [2.05, 4.69) is 0 Å². The molecular weight excluding hydrogens is 152 g/mol. The smallest absolute Gasteiger partial charge is 0.216 e. The Morgan fingerprint density at radius 3 is 2.36 bits per heavy atom. The van der Waals surface area contributed by atoms with Crippen LogP contribution in [0.2, 0.25) is 0 Å². The van der Waals surface area contributed by atoms with E-state index in [1.54, 1.807) is 0 Å². The van der Waals surface area contributed by atoms with Crippen molar-refractivity contribution < 1.29 is 25.2 Å². The number of hydrogen-bond acceptors (Lipinski definition) is 5. The molecule has 0 aromatic heterocycles. The highest BCUT2D eigenvalue weighted by Crippen LogP contribution is 2.27. The average Bonchev–Trinajstić information content (AvgIpc) is 2.29. The molecule has 1 aliphatic heterocycles. The zero-order valence-electron chi connectivity index (χ0n) is 5.97. The summed E-state index contributed by atoms with van der Waals surface area (Å²) in [6.45, 7) is -0.927. The van der Waals surface area contributed by atoms with Gasteiger partial charge >= 0.3 is 0 Å². The van der Waals surface area contributed by atoms with Gasteiger partial charge in [0.05, 0.1) is 19.3 Å². The van der Waals surface area contributed by atoms with Crippen LogP contribution in [0.3, 0.4) is 0 Å². The quantitative estimate of drug-likeness (QED) is 0.372. The van der Waals surface area contributed by atoms with Crippen molar-refractivity contribution in [1.82, 2.24) is 0 Å². The number of rotatable bonds is 2. The molecule has 0 aliphatic carbocycles. The van der Waals surface area contributed by atoms with E-state index in [-0.39, 0.29) is 13.0 Å². The number of aliphatic hydroxyl groups is 4. The third-order valence-electron chi connectivity index (χ3n) is 1.81. The molecule has 4 N–H and O–H groups in total. The molecule has 0 aromatic rings. The Hall–Kier alpha value is -0.200. The van der Waals surface area contributed by atoms with Gasteiger partial charge in [0.25, 0.3) is 0 Å². The first-order valence-corrected chi connectivity index (χ1v) is 3.42. The Morgan fingerprint density at radius 1 is 1.45 bits per heavy atom. The maximum Gasteiger partial charge on any atom is 0.216 e. The fourth-order valence-electron chi connectivity index (χ4n) is 1.10. The Balaban J connectivity index is 2.57. The van der Waals surface area contributed by atoms with Crippen LogP contribution in [0.25, 0.3) is 0 Å². The second-order valence-electron chi connectivity index (χ2n) is 2.68. The molecule has 0 amide bonds. The van der Waals surface area contributed by atoms with Crippen molar-refractivity contribution in [3.8, 4) is 0 Å². The summed E-state index contributed by atoms with van der Waals surface area (Å²) in [5.74, 6) is -1.88. The maximum atomic E-state index is 9.24. The van der Waals surface area contributed by atoms with Crippen molar-refractivity contribution in [3.63, 3.8) is 0 Å². The minimum atomic E-state index is -1.88. The van der Waals surface area contributed by atoms with E-state index in [0.717, 1.165) is 0 Å². The van der Waals surface area contributed by atoms with E-state index >= 15 is 0 Å². The predicted molar refractivity (Wildman–Crippen MR) is 34.6 cm³/mol. The van der Waals surface area contributed by atoms with Crippen molar-refractivity contribution >= 4 is 0 Å². The van der Waals surface area contributed by atoms with Gasteiger partial charge in [-0.2, -0.15) is 0 Å². The highest BCUT2D eigenvalue weighted by atomic mass is 16.7. The van der Waals surface area contributed by atoms with Crippen LogP contribution in [-0.4, -0.2) is 51.6 Å². The maximum absolute atomic E-state index is 9.24. The summed E-state index contributed by atoms with van der Waals surface area (Å²) in [5, 5.41) is 35.5. The van der Waals surface area contributed by atoms with E-state index < -0.39 is 24.6 Å². The number of hydrogen-bond donors (Lipinski definition) is 4. The zero-order valence-corrected chi connectivity index (χ0v) is 5.97. The molecule has 0 spiro atoms. The Kier molecular flexibility index (Phi) is 2.46. The topological polar surface area (TPSA) is 90.2 Å². The van der Waals surface area contributed by atoms with Crippen LogP contribution in [0.15, 0.2) is 0 Å². The second-order valence-corrected chi connectivity index (χ2v) is 2.68. The largest absolute Gasteiger partial charge is 0.394 e. The molecule has 0 radical (unpaired) electrons. The van der Waals surface area contributed by atoms with Crippen molar-refractivity contribution in [2.75, 3.05) is 13.2 Å². The van der Waals surface area contributed by atoms with Gasteiger partial charge in [-0.25, -0.2) is 0 Å². The number of aliphatic hydroxyl groups excluding tert-OH is 3. The van der Waals surface area contributed by atoms with Crippen LogP contribution in [0.1, 0.15) is 6.42 Å². The third kappa shape index (κ3) is 1.52. The van der Waals surface area contributed by atoms with Crippen LogP contribution in [0, 0.1) is 0 Å². The molecule has 1 rings (SSSR count). The Bertz CT molecular complexity index is 139. The summed E-state index contributed by atoms with van der Waals surface area (Å²) in [6.07, 6.45) is -1.56. The molecule has 1 saturated heterocycles. The minimum absolute atomic E-state index is 0.146. The van der Waals surface area contributed by atoms with Gasteiger partial charge in [-0.3, -0.25) is 0 Å². The van der Waals surface area contributed by atoms with Gasteiger partial charge in [-0.1, -0.05) is 0 Å². The van der Waals surface area contributed by atoms with E-state index in [1.807, 2.05) is 0 Å². The van der Waals surface area contributed by atoms with Gasteiger partial charge in [0.1, 0.15) is 6.10 Å². The van der Waals surface area contributed by atoms with Crippen molar-refractivity contribution in [3.05, 3.63) is 0 Å². The first-order chi connectivity index (χ1) is 5.12. The molecule has 66 valence electrons. The summed E-state index contributed by atoms with van der Waals surface area (Å²) >= 11 is 0. The molecule has 0 saturated carbocycles. The molecule has 1 aliphatic rings. The molecule has 5 nitrogen and oxygen atoms in total. The fourth-order valence-corrected chi connectivity index (χ4v) is 1.10. The van der Waals surface area contributed by atoms with Gasteiger partial charge in [-0.15, -0.1) is 0 Å². The lowest BCUT2D eigenvalue weighted by Crippen LogP contribution is -2.43. The van der Waals surface area contributed by atoms with Gasteiger partial charge in [0.2, 0.25) is 5.79 Å². The van der Waals surface area contributed by atoms with Crippen molar-refractivity contribution in [1.29, 1.82) is 0 Å². The van der Waals surface area contributed by atoms with E-state index in [0.29, 0.717) is 0 Å². The summed E-state index contributed by atoms with van der Waals surface area (Å²) in [6, 6.07) is 0. The summed E-state index contributed by atoms with van der Waals surface area (Å²) < 4.78 is 4.77. The first-order valence-electron chi connectivity index (χ1n) is 3.42. The third-order valence-corrected chi connectivity index (χ3v) is 1.81. The zero-order chi connectivity index (χ0) is 8.48. The van der Waals surface area contributed by atoms with Gasteiger partial charge in [0, 0.05) is 6.42 Å².